The van der Waals surface area contributed by atoms with Crippen molar-refractivity contribution in [2.75, 3.05) is 45.9 Å². The van der Waals surface area contributed by atoms with E-state index in [0.717, 1.165) is 108 Å². The van der Waals surface area contributed by atoms with Crippen LogP contribution in [0.4, 0.5) is 4.79 Å². The van der Waals surface area contributed by atoms with Crippen LogP contribution in [0.5, 0.6) is 0 Å². The second-order valence-electron chi connectivity index (χ2n) is 17.6. The van der Waals surface area contributed by atoms with Crippen LogP contribution < -0.4 is 10.6 Å². The Hall–Kier alpha value is -4.91. The molecule has 2 aromatic carbocycles. The fourth-order valence-corrected chi connectivity index (χ4v) is 9.23. The van der Waals surface area contributed by atoms with E-state index in [-0.39, 0.29) is 18.5 Å². The van der Waals surface area contributed by atoms with Crippen LogP contribution in [-0.4, -0.2) is 85.6 Å². The molecule has 0 spiro atoms. The van der Waals surface area contributed by atoms with E-state index in [1.165, 1.54) is 52.2 Å². The summed E-state index contributed by atoms with van der Waals surface area (Å²) in [6.07, 6.45) is 21.8. The van der Waals surface area contributed by atoms with Gasteiger partial charge in [-0.2, -0.15) is 10.2 Å². The molecule has 12 nitrogen and oxygen atoms in total. The van der Waals surface area contributed by atoms with Crippen LogP contribution in [-0.2, 0) is 22.6 Å². The quantitative estimate of drug-likeness (QED) is 0.144. The van der Waals surface area contributed by atoms with Crippen LogP contribution in [0.1, 0.15) is 77.7 Å². The van der Waals surface area contributed by atoms with Gasteiger partial charge in [-0.1, -0.05) is 26.0 Å². The Morgan fingerprint density at radius 1 is 0.746 bits per heavy atom. The van der Waals surface area contributed by atoms with E-state index in [1.807, 2.05) is 26.7 Å². The maximum absolute atomic E-state index is 12.4. The molecule has 4 aromatic heterocycles. The summed E-state index contributed by atoms with van der Waals surface area (Å²) in [6.45, 7) is 12.6. The topological polar surface area (TPSA) is 108 Å². The number of hydrogen-bond donors (Lipinski definition) is 2. The highest BCUT2D eigenvalue weighted by atomic mass is 16.5. The van der Waals surface area contributed by atoms with Gasteiger partial charge < -0.3 is 34.1 Å². The van der Waals surface area contributed by atoms with Gasteiger partial charge in [0, 0.05) is 104 Å². The molecule has 2 amide bonds. The number of hydrogen-bond acceptors (Lipinski definition) is 6. The highest BCUT2D eigenvalue weighted by Gasteiger charge is 2.27. The zero-order valence-corrected chi connectivity index (χ0v) is 34.8. The molecule has 0 aliphatic carbocycles. The molecule has 4 aliphatic rings. The van der Waals surface area contributed by atoms with Gasteiger partial charge in [0.05, 0.1) is 12.4 Å². The van der Waals surface area contributed by atoms with Crippen molar-refractivity contribution in [1.29, 1.82) is 0 Å². The zero-order valence-electron chi connectivity index (χ0n) is 34.8. The van der Waals surface area contributed by atoms with Crippen molar-refractivity contribution in [3.05, 3.63) is 85.7 Å². The fraction of sp³-hybridized carbons (Fsp3) is 0.511. The van der Waals surface area contributed by atoms with Crippen LogP contribution in [0, 0.1) is 17.8 Å². The molecule has 4 saturated heterocycles. The van der Waals surface area contributed by atoms with Crippen LogP contribution in [0.15, 0.2) is 85.7 Å². The minimum absolute atomic E-state index is 0.0655. The number of benzene rings is 2. The molecule has 0 radical (unpaired) electrons. The second-order valence-corrected chi connectivity index (χ2v) is 17.6. The van der Waals surface area contributed by atoms with Crippen molar-refractivity contribution in [1.82, 2.24) is 44.2 Å². The molecule has 4 fully saturated rings. The average molecular weight is 800 g/mol. The third-order valence-electron chi connectivity index (χ3n) is 12.6. The SMILES string of the molecule is CC(C)CNC(=O)N1CCC(Cn2ccc3cc(-c4cnn(C5CCCCO5)c4)ccc32)C1.c1cc2c(ccn2CC2CCNC2)cc1-c1cnn(C2CCCCO2)c1. The Morgan fingerprint density at radius 3 is 1.86 bits per heavy atom. The summed E-state index contributed by atoms with van der Waals surface area (Å²) >= 11 is 0. The van der Waals surface area contributed by atoms with Crippen LogP contribution in [0.25, 0.3) is 44.1 Å². The van der Waals surface area contributed by atoms with Gasteiger partial charge in [0.25, 0.3) is 0 Å². The summed E-state index contributed by atoms with van der Waals surface area (Å²) in [5, 5.41) is 18.2. The van der Waals surface area contributed by atoms with E-state index in [1.54, 1.807) is 0 Å². The van der Waals surface area contributed by atoms with Crippen molar-refractivity contribution >= 4 is 27.8 Å². The Morgan fingerprint density at radius 2 is 1.34 bits per heavy atom. The molecule has 59 heavy (non-hydrogen) atoms. The van der Waals surface area contributed by atoms with Crippen molar-refractivity contribution in [2.45, 2.75) is 90.8 Å². The summed E-state index contributed by atoms with van der Waals surface area (Å²) in [5.74, 6) is 1.70. The van der Waals surface area contributed by atoms with Crippen LogP contribution in [0.2, 0.25) is 0 Å². The number of amides is 2. The number of urea groups is 1. The van der Waals surface area contributed by atoms with Gasteiger partial charge in [-0.25, -0.2) is 14.2 Å². The normalized spacial score (nSPS) is 22.3. The first kappa shape index (κ1) is 39.5. The molecule has 10 rings (SSSR count). The van der Waals surface area contributed by atoms with Crippen LogP contribution in [0.3, 0.4) is 0 Å². The highest BCUT2D eigenvalue weighted by molar-refractivity contribution is 5.86. The fourth-order valence-electron chi connectivity index (χ4n) is 9.23. The maximum Gasteiger partial charge on any atom is 0.317 e. The molecular weight excluding hydrogens is 739 g/mol. The van der Waals surface area contributed by atoms with E-state index < -0.39 is 0 Å². The van der Waals surface area contributed by atoms with E-state index in [4.69, 9.17) is 9.47 Å². The van der Waals surface area contributed by atoms with E-state index in [0.29, 0.717) is 11.8 Å². The Kier molecular flexibility index (Phi) is 12.2. The van der Waals surface area contributed by atoms with Crippen molar-refractivity contribution < 1.29 is 14.3 Å². The van der Waals surface area contributed by atoms with Gasteiger partial charge in [0.2, 0.25) is 0 Å². The monoisotopic (exact) mass is 799 g/mol. The summed E-state index contributed by atoms with van der Waals surface area (Å²) in [7, 11) is 0. The molecule has 0 bridgehead atoms. The number of carbonyl (C=O) groups excluding carboxylic acids is 1. The van der Waals surface area contributed by atoms with Crippen molar-refractivity contribution in [2.24, 2.45) is 17.8 Å². The van der Waals surface area contributed by atoms with Crippen molar-refractivity contribution in [3.8, 4) is 22.3 Å². The number of carbonyl (C=O) groups is 1. The van der Waals surface area contributed by atoms with Gasteiger partial charge in [-0.3, -0.25) is 0 Å². The smallest absolute Gasteiger partial charge is 0.317 e. The molecule has 312 valence electrons. The molecule has 4 aliphatic heterocycles. The average Bonchev–Trinajstić information content (AvgIpc) is 4.14. The minimum Gasteiger partial charge on any atom is -0.357 e. The number of likely N-dealkylation sites (tertiary alicyclic amines) is 1. The molecular formula is C47H61N9O3. The first-order valence-electron chi connectivity index (χ1n) is 22.2. The molecule has 4 atom stereocenters. The van der Waals surface area contributed by atoms with Gasteiger partial charge in [0.15, 0.2) is 0 Å². The number of rotatable bonds is 10. The summed E-state index contributed by atoms with van der Waals surface area (Å²) in [6, 6.07) is 17.9. The third kappa shape index (κ3) is 9.30. The first-order valence-corrected chi connectivity index (χ1v) is 22.2. The molecule has 8 heterocycles. The minimum atomic E-state index is 0.0655. The second kappa shape index (κ2) is 18.1. The number of nitrogens with one attached hydrogen (secondary N) is 2. The Balaban J connectivity index is 0.000000156. The molecule has 4 unspecified atom stereocenters. The van der Waals surface area contributed by atoms with Gasteiger partial charge in [-0.15, -0.1) is 0 Å². The van der Waals surface area contributed by atoms with Crippen LogP contribution >= 0.6 is 0 Å². The predicted molar refractivity (Wildman–Crippen MR) is 233 cm³/mol. The lowest BCUT2D eigenvalue weighted by Gasteiger charge is -2.22. The summed E-state index contributed by atoms with van der Waals surface area (Å²) in [5.41, 5.74) is 7.25. The number of aromatic nitrogens is 6. The lowest BCUT2D eigenvalue weighted by molar-refractivity contribution is -0.0395. The molecule has 0 saturated carbocycles. The molecule has 12 heteroatoms. The first-order chi connectivity index (χ1) is 28.9. The zero-order chi connectivity index (χ0) is 40.1. The standard InChI is InChI=1S/C26H35N5O2.C21H26N4O/c1-19(2)14-27-26(32)30-10-8-20(17-30)16-29-11-9-22-13-21(6-7-24(22)29)23-15-28-31(18-23)25-5-3-4-12-33-25;1-2-10-26-21(3-1)25-15-19(13-23-25)17-4-5-20-18(11-17)7-9-24(20)14-16-6-8-22-12-16/h6-7,9,11,13,15,18-20,25H,3-5,8,10,12,14,16-17H2,1-2H3,(H,27,32);4-5,7,9,11,13,15-16,21-22H,1-3,6,8,10,12,14H2. The number of fused-ring (bicyclic) bond motifs is 2. The molecule has 6 aromatic rings. The Labute approximate surface area is 347 Å². The lowest BCUT2D eigenvalue weighted by Crippen LogP contribution is -2.40. The largest absolute Gasteiger partial charge is 0.357 e. The lowest BCUT2D eigenvalue weighted by atomic mass is 10.1. The molecule has 2 N–H and O–H groups in total. The van der Waals surface area contributed by atoms with Crippen molar-refractivity contribution in [3.63, 3.8) is 0 Å². The maximum atomic E-state index is 12.4. The van der Waals surface area contributed by atoms with Gasteiger partial charge >= 0.3 is 6.03 Å². The van der Waals surface area contributed by atoms with E-state index in [2.05, 4.69) is 117 Å². The summed E-state index contributed by atoms with van der Waals surface area (Å²) in [4.78, 5) is 14.3. The van der Waals surface area contributed by atoms with E-state index >= 15 is 0 Å². The highest BCUT2D eigenvalue weighted by Crippen LogP contribution is 2.31. The summed E-state index contributed by atoms with van der Waals surface area (Å²) < 4.78 is 20.4. The number of nitrogens with zero attached hydrogens (tertiary/aromatic N) is 7. The Bertz CT molecular complexity index is 2300. The van der Waals surface area contributed by atoms with E-state index in [9.17, 15) is 4.79 Å². The van der Waals surface area contributed by atoms with Gasteiger partial charge in [0.1, 0.15) is 12.5 Å². The predicted octanol–water partition coefficient (Wildman–Crippen LogP) is 8.70. The number of ether oxygens (including phenoxy) is 2. The van der Waals surface area contributed by atoms with Gasteiger partial charge in [-0.05, 0) is 130 Å². The third-order valence-corrected chi connectivity index (χ3v) is 12.6.